The highest BCUT2D eigenvalue weighted by atomic mass is 16.6. The minimum absolute atomic E-state index is 0.118. The summed E-state index contributed by atoms with van der Waals surface area (Å²) in [5.41, 5.74) is -0.152. The first-order valence-corrected chi connectivity index (χ1v) is 5.25. The van der Waals surface area contributed by atoms with Gasteiger partial charge in [0.15, 0.2) is 0 Å². The molecule has 0 spiro atoms. The van der Waals surface area contributed by atoms with Crippen molar-refractivity contribution in [3.05, 3.63) is 24.3 Å². The van der Waals surface area contributed by atoms with Crippen LogP contribution in [0.15, 0.2) is 24.3 Å². The van der Waals surface area contributed by atoms with E-state index >= 15 is 0 Å². The van der Waals surface area contributed by atoms with Gasteiger partial charge in [0.1, 0.15) is 18.8 Å². The van der Waals surface area contributed by atoms with Crippen molar-refractivity contribution in [1.29, 1.82) is 0 Å². The second kappa shape index (κ2) is 8.05. The standard InChI is InChI=1S/C12H16O6/c1-5-16-11(14)9(4)12(15)18-7-6-17-10(13)8(2)3/h2,4-7H2,1,3H3. The largest absolute Gasteiger partial charge is 0.462 e. The molecule has 0 fully saturated rings. The zero-order chi connectivity index (χ0) is 14.1. The van der Waals surface area contributed by atoms with E-state index in [9.17, 15) is 14.4 Å². The van der Waals surface area contributed by atoms with E-state index in [-0.39, 0.29) is 25.4 Å². The lowest BCUT2D eigenvalue weighted by Crippen LogP contribution is -2.20. The van der Waals surface area contributed by atoms with Crippen LogP contribution >= 0.6 is 0 Å². The van der Waals surface area contributed by atoms with Crippen LogP contribution in [0.4, 0.5) is 0 Å². The third kappa shape index (κ3) is 5.83. The van der Waals surface area contributed by atoms with E-state index in [2.05, 4.69) is 27.4 Å². The molecule has 0 aliphatic rings. The molecular formula is C12H16O6. The highest BCUT2D eigenvalue weighted by molar-refractivity contribution is 6.13. The fourth-order valence-electron chi connectivity index (χ4n) is 0.781. The van der Waals surface area contributed by atoms with E-state index in [1.165, 1.54) is 6.92 Å². The number of carbonyl (C=O) groups excluding carboxylic acids is 3. The molecule has 0 radical (unpaired) electrons. The predicted molar refractivity (Wildman–Crippen MR) is 62.5 cm³/mol. The Hall–Kier alpha value is -2.11. The summed E-state index contributed by atoms with van der Waals surface area (Å²) in [6.07, 6.45) is 0. The van der Waals surface area contributed by atoms with Gasteiger partial charge >= 0.3 is 17.9 Å². The van der Waals surface area contributed by atoms with Gasteiger partial charge in [-0.2, -0.15) is 0 Å². The van der Waals surface area contributed by atoms with Crippen molar-refractivity contribution in [3.63, 3.8) is 0 Å². The first-order chi connectivity index (χ1) is 8.40. The highest BCUT2D eigenvalue weighted by Gasteiger charge is 2.18. The van der Waals surface area contributed by atoms with Crippen LogP contribution in [0.3, 0.4) is 0 Å². The van der Waals surface area contributed by atoms with Crippen LogP contribution in [0.2, 0.25) is 0 Å². The predicted octanol–water partition coefficient (Wildman–Crippen LogP) is 0.768. The molecule has 6 nitrogen and oxygen atoms in total. The number of hydrogen-bond donors (Lipinski definition) is 0. The van der Waals surface area contributed by atoms with Gasteiger partial charge in [0, 0.05) is 5.57 Å². The monoisotopic (exact) mass is 256 g/mol. The van der Waals surface area contributed by atoms with Crippen molar-refractivity contribution in [3.8, 4) is 0 Å². The fourth-order valence-corrected chi connectivity index (χ4v) is 0.781. The zero-order valence-corrected chi connectivity index (χ0v) is 10.5. The van der Waals surface area contributed by atoms with Gasteiger partial charge in [-0.1, -0.05) is 13.2 Å². The Balaban J connectivity index is 3.91. The van der Waals surface area contributed by atoms with E-state index in [1.807, 2.05) is 0 Å². The van der Waals surface area contributed by atoms with Crippen LogP contribution in [0.5, 0.6) is 0 Å². The smallest absolute Gasteiger partial charge is 0.345 e. The SMILES string of the molecule is C=C(C)C(=O)OCCOC(=O)C(=C)C(=O)OCC. The third-order valence-corrected chi connectivity index (χ3v) is 1.67. The van der Waals surface area contributed by atoms with Crippen molar-refractivity contribution >= 4 is 17.9 Å². The van der Waals surface area contributed by atoms with Crippen molar-refractivity contribution in [2.45, 2.75) is 13.8 Å². The minimum atomic E-state index is -0.903. The van der Waals surface area contributed by atoms with E-state index in [0.29, 0.717) is 0 Å². The number of ether oxygens (including phenoxy) is 3. The highest BCUT2D eigenvalue weighted by Crippen LogP contribution is 1.99. The quantitative estimate of drug-likeness (QED) is 0.167. The summed E-state index contributed by atoms with van der Waals surface area (Å²) >= 11 is 0. The van der Waals surface area contributed by atoms with Gasteiger partial charge in [-0.25, -0.2) is 14.4 Å². The van der Waals surface area contributed by atoms with Gasteiger partial charge in [0.2, 0.25) is 0 Å². The van der Waals surface area contributed by atoms with Crippen LogP contribution in [0, 0.1) is 0 Å². The Morgan fingerprint density at radius 1 is 0.889 bits per heavy atom. The van der Waals surface area contributed by atoms with Crippen molar-refractivity contribution in [1.82, 2.24) is 0 Å². The molecule has 6 heteroatoms. The summed E-state index contributed by atoms with van der Waals surface area (Å²) in [6.45, 7) is 9.58. The molecule has 100 valence electrons. The Morgan fingerprint density at radius 2 is 1.33 bits per heavy atom. The second-order valence-electron chi connectivity index (χ2n) is 3.25. The molecule has 0 saturated heterocycles. The molecule has 0 unspecified atom stereocenters. The lowest BCUT2D eigenvalue weighted by atomic mass is 10.3. The lowest BCUT2D eigenvalue weighted by Gasteiger charge is -2.07. The van der Waals surface area contributed by atoms with Crippen molar-refractivity contribution < 1.29 is 28.6 Å². The first-order valence-electron chi connectivity index (χ1n) is 5.25. The van der Waals surface area contributed by atoms with Gasteiger partial charge in [0.25, 0.3) is 0 Å². The summed E-state index contributed by atoms with van der Waals surface area (Å²) < 4.78 is 13.9. The molecule has 0 aliphatic carbocycles. The molecule has 0 N–H and O–H groups in total. The van der Waals surface area contributed by atoms with Gasteiger partial charge in [-0.3, -0.25) is 0 Å². The zero-order valence-electron chi connectivity index (χ0n) is 10.5. The fraction of sp³-hybridized carbons (Fsp3) is 0.417. The number of esters is 3. The normalized spacial score (nSPS) is 9.22. The van der Waals surface area contributed by atoms with E-state index in [1.54, 1.807) is 6.92 Å². The molecule has 18 heavy (non-hydrogen) atoms. The van der Waals surface area contributed by atoms with Gasteiger partial charge in [-0.15, -0.1) is 0 Å². The number of carbonyl (C=O) groups is 3. The van der Waals surface area contributed by atoms with Gasteiger partial charge < -0.3 is 14.2 Å². The lowest BCUT2D eigenvalue weighted by molar-refractivity contribution is -0.151. The molecule has 0 heterocycles. The van der Waals surface area contributed by atoms with Crippen LogP contribution < -0.4 is 0 Å². The molecule has 0 aromatic carbocycles. The Bertz CT molecular complexity index is 369. The van der Waals surface area contributed by atoms with Crippen LogP contribution in [-0.4, -0.2) is 37.7 Å². The summed E-state index contributed by atoms with van der Waals surface area (Å²) in [5, 5.41) is 0. The topological polar surface area (TPSA) is 78.9 Å². The molecule has 0 bridgehead atoms. The van der Waals surface area contributed by atoms with E-state index in [4.69, 9.17) is 0 Å². The summed E-state index contributed by atoms with van der Waals surface area (Å²) in [7, 11) is 0. The third-order valence-electron chi connectivity index (χ3n) is 1.67. The summed E-state index contributed by atoms with van der Waals surface area (Å²) in [4.78, 5) is 33.3. The number of rotatable bonds is 7. The van der Waals surface area contributed by atoms with Gasteiger partial charge in [-0.05, 0) is 13.8 Å². The summed E-state index contributed by atoms with van der Waals surface area (Å²) in [6, 6.07) is 0. The first kappa shape index (κ1) is 15.9. The molecule has 0 atom stereocenters. The second-order valence-corrected chi connectivity index (χ2v) is 3.25. The molecule has 0 aliphatic heterocycles. The molecule has 0 aromatic rings. The maximum atomic E-state index is 11.3. The Labute approximate surface area is 105 Å². The van der Waals surface area contributed by atoms with Crippen molar-refractivity contribution in [2.75, 3.05) is 19.8 Å². The molecule has 0 rings (SSSR count). The maximum Gasteiger partial charge on any atom is 0.345 e. The van der Waals surface area contributed by atoms with E-state index < -0.39 is 23.5 Å². The van der Waals surface area contributed by atoms with Gasteiger partial charge in [0.05, 0.1) is 6.61 Å². The summed E-state index contributed by atoms with van der Waals surface area (Å²) in [5.74, 6) is -2.31. The Morgan fingerprint density at radius 3 is 1.78 bits per heavy atom. The van der Waals surface area contributed by atoms with Crippen LogP contribution in [-0.2, 0) is 28.6 Å². The molecule has 0 aromatic heterocycles. The average Bonchev–Trinajstić information content (AvgIpc) is 2.33. The minimum Gasteiger partial charge on any atom is -0.462 e. The Kier molecular flexibility index (Phi) is 7.11. The van der Waals surface area contributed by atoms with E-state index in [0.717, 1.165) is 0 Å². The maximum absolute atomic E-state index is 11.3. The molecular weight excluding hydrogens is 240 g/mol. The van der Waals surface area contributed by atoms with Crippen molar-refractivity contribution in [2.24, 2.45) is 0 Å². The molecule has 0 saturated carbocycles. The molecule has 0 amide bonds. The van der Waals surface area contributed by atoms with Crippen LogP contribution in [0.1, 0.15) is 13.8 Å². The van der Waals surface area contributed by atoms with Crippen LogP contribution in [0.25, 0.3) is 0 Å². The average molecular weight is 256 g/mol. The number of hydrogen-bond acceptors (Lipinski definition) is 6.